The second kappa shape index (κ2) is 3.56. The van der Waals surface area contributed by atoms with Gasteiger partial charge in [-0.05, 0) is 6.07 Å². The number of furan rings is 1. The molecule has 0 atom stereocenters. The molecule has 0 saturated heterocycles. The lowest BCUT2D eigenvalue weighted by molar-refractivity contribution is 0.669. The standard InChI is InChI=1S/C12H5Cl3O/c13-7-5-9-10(12(15)11(7)14)6-3-1-2-4-8(6)16-9/h1-5H. The molecule has 0 radical (unpaired) electrons. The molecule has 0 N–H and O–H groups in total. The van der Waals surface area contributed by atoms with Gasteiger partial charge in [-0.3, -0.25) is 0 Å². The van der Waals surface area contributed by atoms with E-state index in [0.717, 1.165) is 16.4 Å². The molecule has 0 bridgehead atoms. The van der Waals surface area contributed by atoms with Gasteiger partial charge in [-0.25, -0.2) is 0 Å². The van der Waals surface area contributed by atoms with Crippen LogP contribution in [0.3, 0.4) is 0 Å². The van der Waals surface area contributed by atoms with E-state index in [1.54, 1.807) is 6.07 Å². The van der Waals surface area contributed by atoms with Crippen LogP contribution in [-0.4, -0.2) is 0 Å². The van der Waals surface area contributed by atoms with Crippen molar-refractivity contribution in [3.05, 3.63) is 45.4 Å². The third kappa shape index (κ3) is 1.32. The van der Waals surface area contributed by atoms with Gasteiger partial charge < -0.3 is 4.42 Å². The summed E-state index contributed by atoms with van der Waals surface area (Å²) in [6.07, 6.45) is 0. The molecule has 3 aromatic rings. The van der Waals surface area contributed by atoms with Crippen molar-refractivity contribution in [3.63, 3.8) is 0 Å². The maximum absolute atomic E-state index is 6.18. The van der Waals surface area contributed by atoms with Gasteiger partial charge in [0.25, 0.3) is 0 Å². The fourth-order valence-corrected chi connectivity index (χ4v) is 2.47. The predicted octanol–water partition coefficient (Wildman–Crippen LogP) is 5.55. The summed E-state index contributed by atoms with van der Waals surface area (Å²) in [5.41, 5.74) is 1.43. The Labute approximate surface area is 106 Å². The number of halogens is 3. The molecule has 1 heterocycles. The van der Waals surface area contributed by atoms with Crippen molar-refractivity contribution in [2.45, 2.75) is 0 Å². The zero-order chi connectivity index (χ0) is 11.3. The van der Waals surface area contributed by atoms with Gasteiger partial charge in [-0.15, -0.1) is 0 Å². The molecule has 3 rings (SSSR count). The van der Waals surface area contributed by atoms with Crippen LogP contribution in [0.2, 0.25) is 15.1 Å². The van der Waals surface area contributed by atoms with Gasteiger partial charge in [-0.2, -0.15) is 0 Å². The third-order valence-corrected chi connectivity index (χ3v) is 3.76. The molecule has 0 aliphatic carbocycles. The first-order valence-electron chi connectivity index (χ1n) is 4.63. The average molecular weight is 272 g/mol. The van der Waals surface area contributed by atoms with E-state index >= 15 is 0 Å². The summed E-state index contributed by atoms with van der Waals surface area (Å²) >= 11 is 18.1. The molecule has 0 saturated carbocycles. The minimum Gasteiger partial charge on any atom is -0.456 e. The monoisotopic (exact) mass is 270 g/mol. The van der Waals surface area contributed by atoms with Gasteiger partial charge in [0.1, 0.15) is 11.2 Å². The highest BCUT2D eigenvalue weighted by molar-refractivity contribution is 6.51. The van der Waals surface area contributed by atoms with E-state index in [9.17, 15) is 0 Å². The molecule has 1 nitrogen and oxygen atoms in total. The largest absolute Gasteiger partial charge is 0.456 e. The summed E-state index contributed by atoms with van der Waals surface area (Å²) in [4.78, 5) is 0. The van der Waals surface area contributed by atoms with E-state index in [-0.39, 0.29) is 0 Å². The minimum atomic E-state index is 0.363. The van der Waals surface area contributed by atoms with Crippen LogP contribution in [0.5, 0.6) is 0 Å². The van der Waals surface area contributed by atoms with E-state index in [0.29, 0.717) is 20.7 Å². The fraction of sp³-hybridized carbons (Fsp3) is 0. The highest BCUT2D eigenvalue weighted by Crippen LogP contribution is 2.41. The lowest BCUT2D eigenvalue weighted by atomic mass is 10.1. The Hall–Kier alpha value is -0.890. The van der Waals surface area contributed by atoms with Crippen LogP contribution in [0.1, 0.15) is 0 Å². The number of hydrogen-bond donors (Lipinski definition) is 0. The first-order chi connectivity index (χ1) is 7.68. The highest BCUT2D eigenvalue weighted by atomic mass is 35.5. The van der Waals surface area contributed by atoms with Crippen LogP contribution in [-0.2, 0) is 0 Å². The first kappa shape index (κ1) is 10.3. The fourth-order valence-electron chi connectivity index (χ4n) is 1.79. The quantitative estimate of drug-likeness (QED) is 0.489. The van der Waals surface area contributed by atoms with Crippen molar-refractivity contribution in [3.8, 4) is 0 Å². The minimum absolute atomic E-state index is 0.363. The Kier molecular flexibility index (Phi) is 2.28. The number of hydrogen-bond acceptors (Lipinski definition) is 1. The van der Waals surface area contributed by atoms with E-state index in [2.05, 4.69) is 0 Å². The van der Waals surface area contributed by atoms with Gasteiger partial charge in [0.2, 0.25) is 0 Å². The molecule has 0 unspecified atom stereocenters. The molecule has 0 spiro atoms. The van der Waals surface area contributed by atoms with Gasteiger partial charge in [0, 0.05) is 16.8 Å². The van der Waals surface area contributed by atoms with Crippen molar-refractivity contribution >= 4 is 56.7 Å². The molecule has 0 aliphatic rings. The Morgan fingerprint density at radius 1 is 0.875 bits per heavy atom. The summed E-state index contributed by atoms with van der Waals surface area (Å²) in [5.74, 6) is 0. The maximum atomic E-state index is 6.18. The number of benzene rings is 2. The second-order valence-corrected chi connectivity index (χ2v) is 4.62. The van der Waals surface area contributed by atoms with Crippen molar-refractivity contribution in [1.82, 2.24) is 0 Å². The number of para-hydroxylation sites is 1. The van der Waals surface area contributed by atoms with E-state index < -0.39 is 0 Å². The molecule has 16 heavy (non-hydrogen) atoms. The molecule has 4 heteroatoms. The summed E-state index contributed by atoms with van der Waals surface area (Å²) in [6.45, 7) is 0. The van der Waals surface area contributed by atoms with Gasteiger partial charge in [0.15, 0.2) is 0 Å². The zero-order valence-corrected chi connectivity index (χ0v) is 10.2. The predicted molar refractivity (Wildman–Crippen MR) is 68.8 cm³/mol. The summed E-state index contributed by atoms with van der Waals surface area (Å²) in [6, 6.07) is 9.34. The van der Waals surface area contributed by atoms with Crippen LogP contribution in [0, 0.1) is 0 Å². The van der Waals surface area contributed by atoms with Crippen LogP contribution in [0.15, 0.2) is 34.7 Å². The van der Waals surface area contributed by atoms with Crippen molar-refractivity contribution in [1.29, 1.82) is 0 Å². The first-order valence-corrected chi connectivity index (χ1v) is 5.76. The number of fused-ring (bicyclic) bond motifs is 3. The Morgan fingerprint density at radius 3 is 2.44 bits per heavy atom. The Balaban J connectivity index is 2.62. The molecule has 2 aromatic carbocycles. The van der Waals surface area contributed by atoms with Crippen LogP contribution in [0.4, 0.5) is 0 Å². The zero-order valence-electron chi connectivity index (χ0n) is 7.93. The van der Waals surface area contributed by atoms with Crippen molar-refractivity contribution < 1.29 is 4.42 Å². The molecule has 80 valence electrons. The van der Waals surface area contributed by atoms with Crippen molar-refractivity contribution in [2.24, 2.45) is 0 Å². The second-order valence-electron chi connectivity index (χ2n) is 3.46. The molecule has 0 fully saturated rings. The summed E-state index contributed by atoms with van der Waals surface area (Å²) < 4.78 is 5.64. The maximum Gasteiger partial charge on any atom is 0.138 e. The van der Waals surface area contributed by atoms with E-state index in [4.69, 9.17) is 39.2 Å². The van der Waals surface area contributed by atoms with Crippen molar-refractivity contribution in [2.75, 3.05) is 0 Å². The van der Waals surface area contributed by atoms with E-state index in [1.165, 1.54) is 0 Å². The lowest BCUT2D eigenvalue weighted by Crippen LogP contribution is -1.74. The lowest BCUT2D eigenvalue weighted by Gasteiger charge is -1.99. The topological polar surface area (TPSA) is 13.1 Å². The molecular formula is C12H5Cl3O. The number of rotatable bonds is 0. The molecule has 0 aliphatic heterocycles. The van der Waals surface area contributed by atoms with Gasteiger partial charge in [0.05, 0.1) is 15.1 Å². The smallest absolute Gasteiger partial charge is 0.138 e. The molecule has 0 amide bonds. The van der Waals surface area contributed by atoms with Gasteiger partial charge >= 0.3 is 0 Å². The third-order valence-electron chi connectivity index (χ3n) is 2.50. The van der Waals surface area contributed by atoms with E-state index in [1.807, 2.05) is 24.3 Å². The highest BCUT2D eigenvalue weighted by Gasteiger charge is 2.15. The molecule has 1 aromatic heterocycles. The normalized spacial score (nSPS) is 11.4. The van der Waals surface area contributed by atoms with Crippen LogP contribution >= 0.6 is 34.8 Å². The Bertz CT molecular complexity index is 700. The molecular weight excluding hydrogens is 266 g/mol. The Morgan fingerprint density at radius 2 is 1.62 bits per heavy atom. The average Bonchev–Trinajstić information content (AvgIpc) is 2.64. The SMILES string of the molecule is Clc1cc2oc3ccccc3c2c(Cl)c1Cl. The van der Waals surface area contributed by atoms with Gasteiger partial charge in [-0.1, -0.05) is 53.0 Å². The van der Waals surface area contributed by atoms with Crippen LogP contribution < -0.4 is 0 Å². The van der Waals surface area contributed by atoms with Crippen LogP contribution in [0.25, 0.3) is 21.9 Å². The summed E-state index contributed by atoms with van der Waals surface area (Å²) in [5, 5.41) is 2.96. The summed E-state index contributed by atoms with van der Waals surface area (Å²) in [7, 11) is 0.